The summed E-state index contributed by atoms with van der Waals surface area (Å²) < 4.78 is 3.23. The van der Waals surface area contributed by atoms with E-state index in [-0.39, 0.29) is 5.91 Å². The standard InChI is InChI=1S/C23H17IN4O/c24-15-9-11-16(12-10-15)25-21(29)13-14-28-20-8-4-1-5-17(20)22-23(28)27-19-7-3-2-6-18(19)26-22/h1-12H,13-14H2,(H,25,29). The Bertz CT molecular complexity index is 1360. The Hall–Kier alpha value is -3.00. The van der Waals surface area contributed by atoms with Gasteiger partial charge in [0.1, 0.15) is 5.52 Å². The van der Waals surface area contributed by atoms with Gasteiger partial charge in [0.05, 0.1) is 16.6 Å². The van der Waals surface area contributed by atoms with E-state index in [0.717, 1.165) is 42.4 Å². The van der Waals surface area contributed by atoms with Gasteiger partial charge in [-0.25, -0.2) is 9.97 Å². The van der Waals surface area contributed by atoms with Crippen molar-refractivity contribution in [2.75, 3.05) is 5.32 Å². The van der Waals surface area contributed by atoms with Crippen LogP contribution in [-0.2, 0) is 11.3 Å². The first-order chi connectivity index (χ1) is 14.2. The lowest BCUT2D eigenvalue weighted by atomic mass is 10.2. The summed E-state index contributed by atoms with van der Waals surface area (Å²) in [6.07, 6.45) is 0.355. The molecule has 0 unspecified atom stereocenters. The molecule has 0 spiro atoms. The van der Waals surface area contributed by atoms with E-state index in [4.69, 9.17) is 9.97 Å². The van der Waals surface area contributed by atoms with Crippen molar-refractivity contribution in [3.8, 4) is 0 Å². The van der Waals surface area contributed by atoms with Crippen molar-refractivity contribution in [2.45, 2.75) is 13.0 Å². The Morgan fingerprint density at radius 3 is 2.38 bits per heavy atom. The van der Waals surface area contributed by atoms with Gasteiger partial charge in [-0.05, 0) is 65.1 Å². The van der Waals surface area contributed by atoms with Crippen LogP contribution in [0.25, 0.3) is 33.1 Å². The third-order valence-corrected chi connectivity index (χ3v) is 5.67. The summed E-state index contributed by atoms with van der Waals surface area (Å²) in [5, 5.41) is 4.02. The number of carbonyl (C=O) groups is 1. The number of hydrogen-bond acceptors (Lipinski definition) is 3. The van der Waals surface area contributed by atoms with E-state index in [1.54, 1.807) is 0 Å². The maximum Gasteiger partial charge on any atom is 0.226 e. The van der Waals surface area contributed by atoms with Crippen LogP contribution in [0.2, 0.25) is 0 Å². The first-order valence-electron chi connectivity index (χ1n) is 9.38. The number of carbonyl (C=O) groups excluding carboxylic acids is 1. The van der Waals surface area contributed by atoms with Crippen LogP contribution in [0.15, 0.2) is 72.8 Å². The highest BCUT2D eigenvalue weighted by atomic mass is 127. The zero-order valence-electron chi connectivity index (χ0n) is 15.5. The van der Waals surface area contributed by atoms with E-state index in [1.165, 1.54) is 0 Å². The lowest BCUT2D eigenvalue weighted by molar-refractivity contribution is -0.116. The summed E-state index contributed by atoms with van der Waals surface area (Å²) in [6, 6.07) is 23.8. The number of aromatic nitrogens is 3. The van der Waals surface area contributed by atoms with Gasteiger partial charge >= 0.3 is 0 Å². The molecule has 0 bridgehead atoms. The zero-order valence-corrected chi connectivity index (χ0v) is 17.6. The fourth-order valence-corrected chi connectivity index (χ4v) is 3.94. The minimum absolute atomic E-state index is 0.0223. The smallest absolute Gasteiger partial charge is 0.226 e. The van der Waals surface area contributed by atoms with E-state index < -0.39 is 0 Å². The lowest BCUT2D eigenvalue weighted by Gasteiger charge is -2.08. The Kier molecular flexibility index (Phi) is 4.63. The van der Waals surface area contributed by atoms with Crippen molar-refractivity contribution < 1.29 is 4.79 Å². The molecule has 5 nitrogen and oxygen atoms in total. The van der Waals surface area contributed by atoms with Gasteiger partial charge in [0.2, 0.25) is 5.91 Å². The molecule has 0 saturated heterocycles. The Balaban J connectivity index is 1.50. The van der Waals surface area contributed by atoms with Crippen LogP contribution in [0, 0.1) is 3.57 Å². The monoisotopic (exact) mass is 492 g/mol. The van der Waals surface area contributed by atoms with E-state index in [1.807, 2.05) is 60.7 Å². The third kappa shape index (κ3) is 3.44. The van der Waals surface area contributed by atoms with Crippen LogP contribution in [0.3, 0.4) is 0 Å². The Labute approximate surface area is 180 Å². The van der Waals surface area contributed by atoms with Crippen molar-refractivity contribution in [2.24, 2.45) is 0 Å². The number of amides is 1. The SMILES string of the molecule is O=C(CCn1c2ccccc2c2nc3ccccc3nc21)Nc1ccc(I)cc1. The van der Waals surface area contributed by atoms with Gasteiger partial charge in [-0.3, -0.25) is 4.79 Å². The molecular weight excluding hydrogens is 475 g/mol. The number of fused-ring (bicyclic) bond motifs is 4. The van der Waals surface area contributed by atoms with Gasteiger partial charge in [-0.1, -0.05) is 30.3 Å². The van der Waals surface area contributed by atoms with Gasteiger partial charge in [0.25, 0.3) is 0 Å². The molecule has 0 saturated carbocycles. The van der Waals surface area contributed by atoms with Gasteiger partial charge < -0.3 is 9.88 Å². The summed E-state index contributed by atoms with van der Waals surface area (Å²) in [7, 11) is 0. The molecular formula is C23H17IN4O. The fraction of sp³-hybridized carbons (Fsp3) is 0.0870. The van der Waals surface area contributed by atoms with Crippen LogP contribution in [0.4, 0.5) is 5.69 Å². The van der Waals surface area contributed by atoms with Crippen molar-refractivity contribution in [3.63, 3.8) is 0 Å². The van der Waals surface area contributed by atoms with Gasteiger partial charge in [-0.15, -0.1) is 0 Å². The zero-order chi connectivity index (χ0) is 19.8. The van der Waals surface area contributed by atoms with Crippen LogP contribution in [0.1, 0.15) is 6.42 Å². The highest BCUT2D eigenvalue weighted by molar-refractivity contribution is 14.1. The lowest BCUT2D eigenvalue weighted by Crippen LogP contribution is -2.14. The molecule has 1 N–H and O–H groups in total. The second-order valence-electron chi connectivity index (χ2n) is 6.86. The quantitative estimate of drug-likeness (QED) is 0.343. The molecule has 2 heterocycles. The molecule has 0 atom stereocenters. The number of anilines is 1. The van der Waals surface area contributed by atoms with Gasteiger partial charge in [0.15, 0.2) is 5.65 Å². The Morgan fingerprint density at radius 1 is 0.897 bits per heavy atom. The van der Waals surface area contributed by atoms with Gasteiger partial charge in [0, 0.05) is 27.6 Å². The number of nitrogens with one attached hydrogen (secondary N) is 1. The number of aryl methyl sites for hydroxylation is 1. The van der Waals surface area contributed by atoms with E-state index in [2.05, 4.69) is 44.6 Å². The maximum absolute atomic E-state index is 12.5. The fourth-order valence-electron chi connectivity index (χ4n) is 3.58. The molecule has 0 aliphatic heterocycles. The van der Waals surface area contributed by atoms with E-state index >= 15 is 0 Å². The number of benzene rings is 3. The van der Waals surface area contributed by atoms with Crippen LogP contribution in [0.5, 0.6) is 0 Å². The molecule has 1 amide bonds. The number of para-hydroxylation sites is 3. The molecule has 0 aliphatic rings. The molecule has 142 valence electrons. The minimum atomic E-state index is -0.0223. The number of hydrogen-bond donors (Lipinski definition) is 1. The van der Waals surface area contributed by atoms with Crippen LogP contribution < -0.4 is 5.32 Å². The maximum atomic E-state index is 12.5. The number of nitrogens with zero attached hydrogens (tertiary/aromatic N) is 3. The average Bonchev–Trinajstić information content (AvgIpc) is 3.05. The highest BCUT2D eigenvalue weighted by Gasteiger charge is 2.15. The molecule has 0 aliphatic carbocycles. The molecule has 5 aromatic rings. The predicted octanol–water partition coefficient (Wildman–Crippen LogP) is 5.37. The first kappa shape index (κ1) is 18.1. The van der Waals surface area contributed by atoms with Crippen molar-refractivity contribution in [3.05, 3.63) is 76.4 Å². The number of halogens is 1. The van der Waals surface area contributed by atoms with Crippen molar-refractivity contribution in [1.82, 2.24) is 14.5 Å². The first-order valence-corrected chi connectivity index (χ1v) is 10.5. The van der Waals surface area contributed by atoms with Gasteiger partial charge in [-0.2, -0.15) is 0 Å². The molecule has 2 aromatic heterocycles. The molecule has 5 rings (SSSR count). The second-order valence-corrected chi connectivity index (χ2v) is 8.10. The van der Waals surface area contributed by atoms with E-state index in [9.17, 15) is 4.79 Å². The molecule has 0 radical (unpaired) electrons. The predicted molar refractivity (Wildman–Crippen MR) is 125 cm³/mol. The summed E-state index contributed by atoms with van der Waals surface area (Å²) in [5.41, 5.74) is 5.26. The van der Waals surface area contributed by atoms with Crippen LogP contribution >= 0.6 is 22.6 Å². The number of rotatable bonds is 4. The molecule has 29 heavy (non-hydrogen) atoms. The molecule has 0 fully saturated rings. The Morgan fingerprint density at radius 2 is 1.59 bits per heavy atom. The summed E-state index contributed by atoms with van der Waals surface area (Å²) >= 11 is 2.25. The average molecular weight is 492 g/mol. The summed E-state index contributed by atoms with van der Waals surface area (Å²) in [4.78, 5) is 22.2. The van der Waals surface area contributed by atoms with E-state index in [0.29, 0.717) is 13.0 Å². The van der Waals surface area contributed by atoms with Crippen molar-refractivity contribution in [1.29, 1.82) is 0 Å². The molecule has 3 aromatic carbocycles. The second kappa shape index (κ2) is 7.44. The molecule has 6 heteroatoms. The minimum Gasteiger partial charge on any atom is -0.326 e. The topological polar surface area (TPSA) is 59.8 Å². The summed E-state index contributed by atoms with van der Waals surface area (Å²) in [5.74, 6) is -0.0223. The van der Waals surface area contributed by atoms with Crippen molar-refractivity contribution >= 4 is 67.3 Å². The largest absolute Gasteiger partial charge is 0.326 e. The third-order valence-electron chi connectivity index (χ3n) is 4.95. The highest BCUT2D eigenvalue weighted by Crippen LogP contribution is 2.28. The normalized spacial score (nSPS) is 11.3. The van der Waals surface area contributed by atoms with Crippen LogP contribution in [-0.4, -0.2) is 20.4 Å². The summed E-state index contributed by atoms with van der Waals surface area (Å²) in [6.45, 7) is 0.535.